The largest absolute Gasteiger partial charge is 0.481 e. The number of sulfonamides is 1. The number of carbonyl (C=O) groups excluding carboxylic acids is 1. The number of amides is 1. The molecule has 0 bridgehead atoms. The highest BCUT2D eigenvalue weighted by Crippen LogP contribution is 2.32. The van der Waals surface area contributed by atoms with Gasteiger partial charge in [-0.05, 0) is 18.6 Å². The predicted octanol–water partition coefficient (Wildman–Crippen LogP) is 2.07. The van der Waals surface area contributed by atoms with Crippen LogP contribution in [0.15, 0.2) is 30.3 Å². The molecule has 0 saturated carbocycles. The minimum atomic E-state index is -4.72. The monoisotopic (exact) mass is 389 g/mol. The van der Waals surface area contributed by atoms with Gasteiger partial charge in [-0.1, -0.05) is 18.2 Å². The van der Waals surface area contributed by atoms with Crippen LogP contribution in [-0.2, 0) is 22.0 Å². The number of nitrogens with one attached hydrogen (secondary N) is 1. The summed E-state index contributed by atoms with van der Waals surface area (Å²) >= 11 is 0. The van der Waals surface area contributed by atoms with Crippen molar-refractivity contribution in [2.75, 3.05) is 7.11 Å². The van der Waals surface area contributed by atoms with E-state index in [4.69, 9.17) is 4.74 Å². The summed E-state index contributed by atoms with van der Waals surface area (Å²) in [5.74, 6) is -1.91. The average Bonchev–Trinajstić information content (AvgIpc) is 2.52. The van der Waals surface area contributed by atoms with Crippen molar-refractivity contribution >= 4 is 15.9 Å². The van der Waals surface area contributed by atoms with E-state index in [0.717, 1.165) is 24.3 Å². The molecule has 0 spiro atoms. The first-order chi connectivity index (χ1) is 12.0. The number of methoxy groups -OCH3 is 1. The molecule has 0 atom stereocenters. The van der Waals surface area contributed by atoms with Crippen molar-refractivity contribution in [1.29, 1.82) is 0 Å². The van der Waals surface area contributed by atoms with E-state index < -0.39 is 39.0 Å². The van der Waals surface area contributed by atoms with Gasteiger partial charge >= 0.3 is 6.18 Å². The van der Waals surface area contributed by atoms with Gasteiger partial charge in [0.1, 0.15) is 11.5 Å². The zero-order chi connectivity index (χ0) is 19.5. The van der Waals surface area contributed by atoms with Crippen molar-refractivity contribution < 1.29 is 31.1 Å². The van der Waals surface area contributed by atoms with Crippen molar-refractivity contribution in [1.82, 2.24) is 14.7 Å². The fraction of sp³-hybridized carbons (Fsp3) is 0.267. The van der Waals surface area contributed by atoms with E-state index in [2.05, 4.69) is 9.97 Å². The lowest BCUT2D eigenvalue weighted by Crippen LogP contribution is -2.33. The van der Waals surface area contributed by atoms with Crippen LogP contribution in [0, 0.1) is 6.92 Å². The van der Waals surface area contributed by atoms with Gasteiger partial charge in [-0.3, -0.25) is 4.79 Å². The van der Waals surface area contributed by atoms with Crippen LogP contribution in [0.5, 0.6) is 5.88 Å². The van der Waals surface area contributed by atoms with Crippen molar-refractivity contribution in [2.24, 2.45) is 0 Å². The Morgan fingerprint density at radius 3 is 2.50 bits per heavy atom. The number of rotatable bonds is 5. The molecule has 0 aliphatic carbocycles. The van der Waals surface area contributed by atoms with Gasteiger partial charge in [0.15, 0.2) is 0 Å². The van der Waals surface area contributed by atoms with Gasteiger partial charge in [0.05, 0.1) is 18.4 Å². The molecule has 1 aromatic carbocycles. The lowest BCUT2D eigenvalue weighted by molar-refractivity contribution is -0.138. The van der Waals surface area contributed by atoms with Gasteiger partial charge in [-0.15, -0.1) is 0 Å². The Kier molecular flexibility index (Phi) is 5.50. The zero-order valence-electron chi connectivity index (χ0n) is 13.7. The Morgan fingerprint density at radius 1 is 1.23 bits per heavy atom. The maximum absolute atomic E-state index is 13.0. The summed E-state index contributed by atoms with van der Waals surface area (Å²) in [6.07, 6.45) is -4.72. The van der Waals surface area contributed by atoms with Crippen LogP contribution >= 0.6 is 0 Å². The molecule has 0 aliphatic rings. The highest BCUT2D eigenvalue weighted by molar-refractivity contribution is 7.89. The zero-order valence-corrected chi connectivity index (χ0v) is 14.5. The van der Waals surface area contributed by atoms with Crippen LogP contribution < -0.4 is 9.46 Å². The molecule has 7 nitrogen and oxygen atoms in total. The van der Waals surface area contributed by atoms with Gasteiger partial charge in [0.2, 0.25) is 15.9 Å². The third-order valence-electron chi connectivity index (χ3n) is 3.17. The number of nitrogens with zero attached hydrogens (tertiary/aromatic N) is 2. The molecule has 11 heteroatoms. The van der Waals surface area contributed by atoms with Gasteiger partial charge in [0.25, 0.3) is 5.91 Å². The van der Waals surface area contributed by atoms with Crippen LogP contribution in [0.1, 0.15) is 27.4 Å². The number of halogens is 3. The Morgan fingerprint density at radius 2 is 1.88 bits per heavy atom. The number of ether oxygens (including phenoxy) is 1. The maximum atomic E-state index is 13.0. The van der Waals surface area contributed by atoms with Gasteiger partial charge in [0, 0.05) is 6.07 Å². The summed E-state index contributed by atoms with van der Waals surface area (Å²) in [5, 5.41) is 0. The van der Waals surface area contributed by atoms with Gasteiger partial charge < -0.3 is 4.74 Å². The quantitative estimate of drug-likeness (QED) is 0.841. The molecule has 2 rings (SSSR count). The summed E-state index contributed by atoms with van der Waals surface area (Å²) < 4.78 is 69.7. The van der Waals surface area contributed by atoms with E-state index in [-0.39, 0.29) is 17.4 Å². The molecule has 26 heavy (non-hydrogen) atoms. The van der Waals surface area contributed by atoms with Crippen LogP contribution in [0.2, 0.25) is 0 Å². The van der Waals surface area contributed by atoms with E-state index in [0.29, 0.717) is 0 Å². The molecular formula is C15H14F3N3O4S. The Bertz CT molecular complexity index is 930. The lowest BCUT2D eigenvalue weighted by atomic mass is 10.1. The van der Waals surface area contributed by atoms with Crippen LogP contribution in [-0.4, -0.2) is 31.4 Å². The number of carbonyl (C=O) groups is 1. The normalized spacial score (nSPS) is 11.9. The maximum Gasteiger partial charge on any atom is 0.416 e. The first-order valence-corrected chi connectivity index (χ1v) is 8.76. The molecule has 0 unspecified atom stereocenters. The van der Waals surface area contributed by atoms with Crippen LogP contribution in [0.25, 0.3) is 0 Å². The molecular weight excluding hydrogens is 375 g/mol. The smallest absolute Gasteiger partial charge is 0.416 e. The molecule has 140 valence electrons. The molecule has 0 saturated heterocycles. The molecule has 0 fully saturated rings. The van der Waals surface area contributed by atoms with E-state index >= 15 is 0 Å². The molecule has 1 N–H and O–H groups in total. The average molecular weight is 389 g/mol. The molecule has 1 amide bonds. The fourth-order valence-corrected chi connectivity index (χ4v) is 3.24. The van der Waals surface area contributed by atoms with E-state index in [1.54, 1.807) is 4.72 Å². The number of benzene rings is 1. The van der Waals surface area contributed by atoms with E-state index in [1.807, 2.05) is 0 Å². The Balaban J connectivity index is 2.25. The second-order valence-corrected chi connectivity index (χ2v) is 6.91. The second kappa shape index (κ2) is 7.28. The Hall–Kier alpha value is -2.69. The molecule has 0 radical (unpaired) electrons. The molecule has 1 aromatic heterocycles. The van der Waals surface area contributed by atoms with Gasteiger partial charge in [-0.2, -0.15) is 18.2 Å². The number of alkyl halides is 3. The van der Waals surface area contributed by atoms with Crippen molar-refractivity contribution in [3.8, 4) is 5.88 Å². The SMILES string of the molecule is COc1cc(C(=O)NS(=O)(=O)Cc2ccccc2C(F)(F)F)nc(C)n1. The third kappa shape index (κ3) is 4.91. The summed E-state index contributed by atoms with van der Waals surface area (Å²) in [6.45, 7) is 1.47. The highest BCUT2D eigenvalue weighted by atomic mass is 32.2. The minimum Gasteiger partial charge on any atom is -0.481 e. The van der Waals surface area contributed by atoms with Crippen molar-refractivity contribution in [3.63, 3.8) is 0 Å². The van der Waals surface area contributed by atoms with Crippen molar-refractivity contribution in [2.45, 2.75) is 18.9 Å². The fourth-order valence-electron chi connectivity index (χ4n) is 2.12. The minimum absolute atomic E-state index is 0.0439. The number of aryl methyl sites for hydroxylation is 1. The first-order valence-electron chi connectivity index (χ1n) is 7.11. The van der Waals surface area contributed by atoms with Gasteiger partial charge in [-0.25, -0.2) is 18.1 Å². The molecule has 0 aliphatic heterocycles. The molecule has 1 heterocycles. The standard InChI is InChI=1S/C15H14F3N3O4S/c1-9-19-12(7-13(20-9)25-2)14(22)21-26(23,24)8-10-5-3-4-6-11(10)15(16,17)18/h3-7H,8H2,1-2H3,(H,21,22). The lowest BCUT2D eigenvalue weighted by Gasteiger charge is -2.13. The summed E-state index contributed by atoms with van der Waals surface area (Å²) in [6, 6.07) is 5.34. The van der Waals surface area contributed by atoms with Crippen molar-refractivity contribution in [3.05, 3.63) is 53.0 Å². The summed E-state index contributed by atoms with van der Waals surface area (Å²) in [4.78, 5) is 19.7. The number of aromatic nitrogens is 2. The van der Waals surface area contributed by atoms with Crippen LogP contribution in [0.3, 0.4) is 0 Å². The van der Waals surface area contributed by atoms with Crippen LogP contribution in [0.4, 0.5) is 13.2 Å². The topological polar surface area (TPSA) is 98.2 Å². The second-order valence-electron chi connectivity index (χ2n) is 5.19. The summed E-state index contributed by atoms with van der Waals surface area (Å²) in [7, 11) is -3.10. The highest BCUT2D eigenvalue weighted by Gasteiger charge is 2.34. The predicted molar refractivity (Wildman–Crippen MR) is 84.9 cm³/mol. The van der Waals surface area contributed by atoms with E-state index in [1.165, 1.54) is 20.1 Å². The Labute approximate surface area is 147 Å². The third-order valence-corrected chi connectivity index (χ3v) is 4.36. The van der Waals surface area contributed by atoms with E-state index in [9.17, 15) is 26.4 Å². The first kappa shape index (κ1) is 19.6. The number of hydrogen-bond acceptors (Lipinski definition) is 6. The molecule has 2 aromatic rings. The summed E-state index contributed by atoms with van der Waals surface area (Å²) in [5.41, 5.74) is -1.85. The number of hydrogen-bond donors (Lipinski definition) is 1.